The zero-order valence-corrected chi connectivity index (χ0v) is 20.4. The van der Waals surface area contributed by atoms with Crippen LogP contribution in [0, 0.1) is 11.7 Å². The standard InChI is InChI=1S/C27H31FN4O2/c1-18(2)14-15-31-25(33)23-24(32(26(31)34)22-12-10-21(28)11-13-22)29-17-30(23)16-19-6-8-20(9-7-19)27(3,4)5/h6-13,17-18H,14-16H2,1-5H3. The zero-order chi connectivity index (χ0) is 24.6. The van der Waals surface area contributed by atoms with E-state index in [1.165, 1.54) is 39.0 Å². The van der Waals surface area contributed by atoms with Crippen molar-refractivity contribution in [1.82, 2.24) is 18.7 Å². The Balaban J connectivity index is 1.87. The van der Waals surface area contributed by atoms with Crippen molar-refractivity contribution in [2.75, 3.05) is 0 Å². The van der Waals surface area contributed by atoms with Gasteiger partial charge in [-0.1, -0.05) is 58.9 Å². The van der Waals surface area contributed by atoms with Crippen LogP contribution in [0.15, 0.2) is 64.4 Å². The number of hydrogen-bond acceptors (Lipinski definition) is 3. The molecule has 34 heavy (non-hydrogen) atoms. The van der Waals surface area contributed by atoms with Crippen LogP contribution in [0.1, 0.15) is 52.2 Å². The molecule has 0 N–H and O–H groups in total. The zero-order valence-electron chi connectivity index (χ0n) is 20.4. The number of halogens is 1. The van der Waals surface area contributed by atoms with Gasteiger partial charge in [0.05, 0.1) is 12.0 Å². The summed E-state index contributed by atoms with van der Waals surface area (Å²) in [5.41, 5.74) is 2.58. The fraction of sp³-hybridized carbons (Fsp3) is 0.370. The summed E-state index contributed by atoms with van der Waals surface area (Å²) in [6.07, 6.45) is 2.28. The molecule has 0 radical (unpaired) electrons. The third-order valence-electron chi connectivity index (χ3n) is 6.09. The summed E-state index contributed by atoms with van der Waals surface area (Å²) in [7, 11) is 0. The monoisotopic (exact) mass is 462 g/mol. The van der Waals surface area contributed by atoms with E-state index in [1.54, 1.807) is 10.9 Å². The highest BCUT2D eigenvalue weighted by Crippen LogP contribution is 2.23. The minimum atomic E-state index is -0.468. The molecule has 178 valence electrons. The third-order valence-corrected chi connectivity index (χ3v) is 6.09. The van der Waals surface area contributed by atoms with Crippen LogP contribution in [0.3, 0.4) is 0 Å². The average Bonchev–Trinajstić information content (AvgIpc) is 3.18. The first kappa shape index (κ1) is 23.7. The number of benzene rings is 2. The van der Waals surface area contributed by atoms with E-state index in [9.17, 15) is 14.0 Å². The largest absolute Gasteiger partial charge is 0.337 e. The normalized spacial score (nSPS) is 12.1. The molecule has 0 fully saturated rings. The number of aromatic nitrogens is 4. The Morgan fingerprint density at radius 3 is 2.21 bits per heavy atom. The van der Waals surface area contributed by atoms with Gasteiger partial charge in [-0.3, -0.25) is 9.36 Å². The Labute approximate surface area is 198 Å². The van der Waals surface area contributed by atoms with Crippen LogP contribution in [0.2, 0.25) is 0 Å². The van der Waals surface area contributed by atoms with Crippen LogP contribution in [0.4, 0.5) is 4.39 Å². The van der Waals surface area contributed by atoms with Gasteiger partial charge in [0.1, 0.15) is 5.82 Å². The lowest BCUT2D eigenvalue weighted by molar-refractivity contribution is 0.491. The van der Waals surface area contributed by atoms with Crippen molar-refractivity contribution in [2.24, 2.45) is 5.92 Å². The maximum Gasteiger partial charge on any atom is 0.337 e. The molecular weight excluding hydrogens is 431 g/mol. The van der Waals surface area contributed by atoms with Crippen LogP contribution in [-0.4, -0.2) is 18.7 Å². The van der Waals surface area contributed by atoms with E-state index in [2.05, 4.69) is 50.0 Å². The lowest BCUT2D eigenvalue weighted by Gasteiger charge is -2.19. The van der Waals surface area contributed by atoms with E-state index in [-0.39, 0.29) is 16.6 Å². The van der Waals surface area contributed by atoms with Crippen molar-refractivity contribution in [1.29, 1.82) is 0 Å². The number of imidazole rings is 1. The highest BCUT2D eigenvalue weighted by Gasteiger charge is 2.20. The van der Waals surface area contributed by atoms with Gasteiger partial charge < -0.3 is 4.57 Å². The predicted molar refractivity (Wildman–Crippen MR) is 133 cm³/mol. The smallest absolute Gasteiger partial charge is 0.320 e. The van der Waals surface area contributed by atoms with Gasteiger partial charge in [-0.15, -0.1) is 0 Å². The predicted octanol–water partition coefficient (Wildman–Crippen LogP) is 4.88. The van der Waals surface area contributed by atoms with Crippen molar-refractivity contribution in [2.45, 2.75) is 59.5 Å². The van der Waals surface area contributed by atoms with E-state index in [1.807, 2.05) is 13.8 Å². The fourth-order valence-electron chi connectivity index (χ4n) is 4.01. The molecule has 0 aliphatic rings. The quantitative estimate of drug-likeness (QED) is 0.410. The summed E-state index contributed by atoms with van der Waals surface area (Å²) >= 11 is 0. The highest BCUT2D eigenvalue weighted by molar-refractivity contribution is 5.72. The summed E-state index contributed by atoms with van der Waals surface area (Å²) in [6.45, 7) is 11.3. The lowest BCUT2D eigenvalue weighted by Crippen LogP contribution is -2.40. The first-order valence-corrected chi connectivity index (χ1v) is 11.6. The van der Waals surface area contributed by atoms with E-state index >= 15 is 0 Å². The Morgan fingerprint density at radius 2 is 1.62 bits per heavy atom. The van der Waals surface area contributed by atoms with Gasteiger partial charge in [-0.05, 0) is 53.1 Å². The molecule has 0 aliphatic heterocycles. The van der Waals surface area contributed by atoms with Gasteiger partial charge in [0.15, 0.2) is 11.2 Å². The number of nitrogens with zero attached hydrogens (tertiary/aromatic N) is 4. The summed E-state index contributed by atoms with van der Waals surface area (Å²) in [4.78, 5) is 31.3. The molecule has 0 amide bonds. The molecule has 7 heteroatoms. The molecule has 6 nitrogen and oxygen atoms in total. The summed E-state index contributed by atoms with van der Waals surface area (Å²) in [6, 6.07) is 14.0. The summed E-state index contributed by atoms with van der Waals surface area (Å²) in [5.74, 6) is -0.0714. The number of fused-ring (bicyclic) bond motifs is 1. The van der Waals surface area contributed by atoms with Gasteiger partial charge in [0.25, 0.3) is 5.56 Å². The topological polar surface area (TPSA) is 61.8 Å². The average molecular weight is 463 g/mol. The molecule has 0 unspecified atom stereocenters. The Morgan fingerprint density at radius 1 is 0.971 bits per heavy atom. The molecule has 0 saturated carbocycles. The maximum absolute atomic E-state index is 13.6. The van der Waals surface area contributed by atoms with E-state index < -0.39 is 11.5 Å². The van der Waals surface area contributed by atoms with E-state index in [0.717, 1.165) is 5.56 Å². The lowest BCUT2D eigenvalue weighted by atomic mass is 9.87. The van der Waals surface area contributed by atoms with Crippen molar-refractivity contribution < 1.29 is 4.39 Å². The second-order valence-corrected chi connectivity index (χ2v) is 10.2. The Bertz CT molecular complexity index is 1420. The molecule has 0 atom stereocenters. The van der Waals surface area contributed by atoms with Gasteiger partial charge >= 0.3 is 5.69 Å². The first-order chi connectivity index (χ1) is 16.1. The van der Waals surface area contributed by atoms with Crippen LogP contribution < -0.4 is 11.2 Å². The van der Waals surface area contributed by atoms with Crippen LogP contribution in [0.25, 0.3) is 16.9 Å². The van der Waals surface area contributed by atoms with Crippen molar-refractivity contribution in [3.8, 4) is 5.69 Å². The minimum Gasteiger partial charge on any atom is -0.320 e. The molecule has 0 saturated heterocycles. The molecule has 4 rings (SSSR count). The van der Waals surface area contributed by atoms with Crippen LogP contribution in [-0.2, 0) is 18.5 Å². The second-order valence-electron chi connectivity index (χ2n) is 10.2. The van der Waals surface area contributed by atoms with Crippen molar-refractivity contribution >= 4 is 11.2 Å². The molecule has 2 aromatic carbocycles. The van der Waals surface area contributed by atoms with E-state index in [0.29, 0.717) is 36.6 Å². The molecule has 2 aromatic heterocycles. The molecule has 4 aromatic rings. The van der Waals surface area contributed by atoms with E-state index in [4.69, 9.17) is 0 Å². The van der Waals surface area contributed by atoms with Gasteiger partial charge in [0.2, 0.25) is 0 Å². The van der Waals surface area contributed by atoms with Crippen LogP contribution in [0.5, 0.6) is 0 Å². The summed E-state index contributed by atoms with van der Waals surface area (Å²) < 4.78 is 18.0. The van der Waals surface area contributed by atoms with Crippen molar-refractivity contribution in [3.63, 3.8) is 0 Å². The SMILES string of the molecule is CC(C)CCn1c(=O)c2c(ncn2Cc2ccc(C(C)(C)C)cc2)n(-c2ccc(F)cc2)c1=O. The Hall–Kier alpha value is -3.48. The third kappa shape index (κ3) is 4.60. The van der Waals surface area contributed by atoms with Gasteiger partial charge in [-0.25, -0.2) is 18.7 Å². The fourth-order valence-corrected chi connectivity index (χ4v) is 4.01. The molecular formula is C27H31FN4O2. The maximum atomic E-state index is 13.6. The summed E-state index contributed by atoms with van der Waals surface area (Å²) in [5, 5.41) is 0. The van der Waals surface area contributed by atoms with Gasteiger partial charge in [-0.2, -0.15) is 0 Å². The molecule has 0 aliphatic carbocycles. The minimum absolute atomic E-state index is 0.0512. The Kier molecular flexibility index (Phi) is 6.30. The number of rotatable bonds is 6. The van der Waals surface area contributed by atoms with Crippen molar-refractivity contribution in [3.05, 3.63) is 92.6 Å². The van der Waals surface area contributed by atoms with Gasteiger partial charge in [0, 0.05) is 13.1 Å². The number of hydrogen-bond donors (Lipinski definition) is 0. The molecule has 0 bridgehead atoms. The molecule has 2 heterocycles. The second kappa shape index (κ2) is 9.05. The van der Waals surface area contributed by atoms with Crippen LogP contribution >= 0.6 is 0 Å². The first-order valence-electron chi connectivity index (χ1n) is 11.6. The molecule has 0 spiro atoms. The highest BCUT2D eigenvalue weighted by atomic mass is 19.1.